The SMILES string of the molecule is [Co].[Co].[Co].[N-3].[N-3].[N-3].[N-3].[Ti+4].[Ti+4].[Ti+4]. The van der Waals surface area contributed by atoms with E-state index in [1.165, 1.54) is 0 Å². The maximum Gasteiger partial charge on any atom is 4.00 e. The van der Waals surface area contributed by atoms with Crippen molar-refractivity contribution in [3.63, 3.8) is 0 Å². The van der Waals surface area contributed by atoms with Gasteiger partial charge in [-0.05, 0) is 0 Å². The third-order valence-electron chi connectivity index (χ3n) is 0. The van der Waals surface area contributed by atoms with Crippen LogP contribution >= 0.6 is 0 Å². The monoisotopic (exact) mass is 377 g/mol. The van der Waals surface area contributed by atoms with Gasteiger partial charge in [0.2, 0.25) is 0 Å². The Morgan fingerprint density at radius 1 is 0.300 bits per heavy atom. The average Bonchev–Trinajstić information content (AvgIpc) is 0. The minimum Gasteiger partial charge on any atom is -3.00 e. The molecule has 10 heteroatoms. The molecular weight excluding hydrogens is 376 g/mol. The molecular formula is Co3N4Ti3. The van der Waals surface area contributed by atoms with Gasteiger partial charge in [-0.3, -0.25) is 0 Å². The number of hydrogen-bond donors (Lipinski definition) is 0. The third-order valence-corrected chi connectivity index (χ3v) is 0. The van der Waals surface area contributed by atoms with Crippen molar-refractivity contribution in [2.24, 2.45) is 0 Å². The van der Waals surface area contributed by atoms with Crippen molar-refractivity contribution in [1.29, 1.82) is 0 Å². The Morgan fingerprint density at radius 2 is 0.300 bits per heavy atom. The van der Waals surface area contributed by atoms with Crippen LogP contribution in [0.15, 0.2) is 0 Å². The zero-order valence-corrected chi connectivity index (χ0v) is 12.1. The summed E-state index contributed by atoms with van der Waals surface area (Å²) >= 11 is 0. The standard InChI is InChI=1S/3Co.4N.3Ti/q;;;4*-3;3*+4. The van der Waals surface area contributed by atoms with E-state index in [1.54, 1.807) is 0 Å². The molecule has 0 fully saturated rings. The van der Waals surface area contributed by atoms with Crippen LogP contribution in [-0.4, -0.2) is 0 Å². The molecule has 0 N–H and O–H groups in total. The summed E-state index contributed by atoms with van der Waals surface area (Å²) in [5.74, 6) is 0. The summed E-state index contributed by atoms with van der Waals surface area (Å²) in [6, 6.07) is 0. The van der Waals surface area contributed by atoms with Crippen molar-refractivity contribution in [3.8, 4) is 0 Å². The van der Waals surface area contributed by atoms with Crippen LogP contribution in [0.25, 0.3) is 24.6 Å². The van der Waals surface area contributed by atoms with Crippen molar-refractivity contribution in [1.82, 2.24) is 0 Å². The Kier molecular flexibility index (Phi) is 2320. The van der Waals surface area contributed by atoms with Crippen LogP contribution in [0.3, 0.4) is 0 Å². The largest absolute Gasteiger partial charge is 4.00 e. The molecule has 0 aliphatic rings. The van der Waals surface area contributed by atoms with Crippen LogP contribution in [-0.2, 0) is 115 Å². The molecule has 0 amide bonds. The van der Waals surface area contributed by atoms with E-state index in [0.29, 0.717) is 0 Å². The first kappa shape index (κ1) is 172. The summed E-state index contributed by atoms with van der Waals surface area (Å²) in [6.07, 6.45) is 0. The van der Waals surface area contributed by atoms with Gasteiger partial charge in [0.25, 0.3) is 0 Å². The Hall–Kier alpha value is 3.50. The molecule has 0 atom stereocenters. The van der Waals surface area contributed by atoms with E-state index >= 15 is 0 Å². The summed E-state index contributed by atoms with van der Waals surface area (Å²) in [6.45, 7) is 0. The van der Waals surface area contributed by atoms with Gasteiger partial charge in [-0.25, -0.2) is 0 Å². The molecule has 0 aromatic heterocycles. The zero-order chi connectivity index (χ0) is 0. The van der Waals surface area contributed by atoms with Crippen molar-refractivity contribution in [3.05, 3.63) is 24.6 Å². The zero-order valence-electron chi connectivity index (χ0n) is 4.29. The van der Waals surface area contributed by atoms with E-state index in [9.17, 15) is 0 Å². The van der Waals surface area contributed by atoms with Gasteiger partial charge in [0.1, 0.15) is 0 Å². The summed E-state index contributed by atoms with van der Waals surface area (Å²) in [4.78, 5) is 0. The topological polar surface area (TPSA) is 122 Å². The number of nitrogens with zero attached hydrogens (tertiary/aromatic N) is 4. The van der Waals surface area contributed by atoms with Crippen LogP contribution in [0.1, 0.15) is 0 Å². The molecule has 0 heterocycles. The van der Waals surface area contributed by atoms with E-state index < -0.39 is 0 Å². The average molecular weight is 376 g/mol. The quantitative estimate of drug-likeness (QED) is 0.563. The van der Waals surface area contributed by atoms with Gasteiger partial charge in [0, 0.05) is 50.3 Å². The van der Waals surface area contributed by atoms with Gasteiger partial charge < -0.3 is 24.6 Å². The first-order valence-electron chi connectivity index (χ1n) is 0. The molecule has 0 aromatic carbocycles. The molecule has 0 aliphatic heterocycles. The second-order valence-electron chi connectivity index (χ2n) is 0. The van der Waals surface area contributed by atoms with Crippen molar-refractivity contribution in [2.45, 2.75) is 0 Å². The number of rotatable bonds is 0. The van der Waals surface area contributed by atoms with E-state index in [-0.39, 0.29) is 140 Å². The summed E-state index contributed by atoms with van der Waals surface area (Å²) in [5, 5.41) is 0. The van der Waals surface area contributed by atoms with Crippen LogP contribution in [0.4, 0.5) is 0 Å². The molecule has 0 saturated carbocycles. The molecule has 4 nitrogen and oxygen atoms in total. The molecule has 0 rings (SSSR count). The van der Waals surface area contributed by atoms with Gasteiger partial charge in [0.15, 0.2) is 0 Å². The Bertz CT molecular complexity index is 15.7. The maximum absolute atomic E-state index is 0. The Balaban J connectivity index is 0. The fourth-order valence-corrected chi connectivity index (χ4v) is 0. The first-order valence-corrected chi connectivity index (χ1v) is 0. The van der Waals surface area contributed by atoms with Crippen LogP contribution < -0.4 is 0 Å². The van der Waals surface area contributed by atoms with Crippen molar-refractivity contribution >= 4 is 0 Å². The van der Waals surface area contributed by atoms with Crippen molar-refractivity contribution < 1.29 is 115 Å². The second kappa shape index (κ2) is 135. The minimum absolute atomic E-state index is 0. The predicted molar refractivity (Wildman–Crippen MR) is 13.4 cm³/mol. The van der Waals surface area contributed by atoms with Crippen LogP contribution in [0.5, 0.6) is 0 Å². The predicted octanol–water partition coefficient (Wildman–Crippen LogP) is 1.14. The molecule has 0 saturated heterocycles. The fourth-order valence-electron chi connectivity index (χ4n) is 0. The maximum atomic E-state index is 0. The van der Waals surface area contributed by atoms with Gasteiger partial charge in [-0.15, -0.1) is 0 Å². The summed E-state index contributed by atoms with van der Waals surface area (Å²) in [5.41, 5.74) is 0. The normalized spacial score (nSPS) is 0. The number of hydrogen-bond acceptors (Lipinski definition) is 0. The molecule has 59 valence electrons. The Morgan fingerprint density at radius 3 is 0.300 bits per heavy atom. The second-order valence-corrected chi connectivity index (χ2v) is 0. The fraction of sp³-hybridized carbons (Fsp3) is 0. The molecule has 10 heavy (non-hydrogen) atoms. The van der Waals surface area contributed by atoms with Crippen LogP contribution in [0, 0.1) is 0 Å². The molecule has 3 radical (unpaired) electrons. The molecule has 0 aliphatic carbocycles. The smallest absolute Gasteiger partial charge is 3.00 e. The van der Waals surface area contributed by atoms with Crippen molar-refractivity contribution in [2.75, 3.05) is 0 Å². The van der Waals surface area contributed by atoms with Gasteiger partial charge >= 0.3 is 65.2 Å². The molecule has 0 spiro atoms. The van der Waals surface area contributed by atoms with Crippen LogP contribution in [0.2, 0.25) is 0 Å². The minimum atomic E-state index is 0. The van der Waals surface area contributed by atoms with Gasteiger partial charge in [-0.1, -0.05) is 0 Å². The molecule has 0 aromatic rings. The van der Waals surface area contributed by atoms with Gasteiger partial charge in [0.05, 0.1) is 0 Å². The third kappa shape index (κ3) is 103. The first-order chi connectivity index (χ1) is 0. The summed E-state index contributed by atoms with van der Waals surface area (Å²) < 4.78 is 0. The van der Waals surface area contributed by atoms with E-state index in [0.717, 1.165) is 0 Å². The van der Waals surface area contributed by atoms with Gasteiger partial charge in [-0.2, -0.15) is 0 Å². The van der Waals surface area contributed by atoms with E-state index in [2.05, 4.69) is 0 Å². The van der Waals surface area contributed by atoms with E-state index in [1.807, 2.05) is 0 Å². The molecule has 0 unspecified atom stereocenters. The molecule has 0 bridgehead atoms. The summed E-state index contributed by atoms with van der Waals surface area (Å²) in [7, 11) is 0. The van der Waals surface area contributed by atoms with E-state index in [4.69, 9.17) is 0 Å². The Labute approximate surface area is 138 Å².